The molecule has 0 aromatic heterocycles. The van der Waals surface area contributed by atoms with Crippen molar-refractivity contribution in [3.8, 4) is 0 Å². The minimum atomic E-state index is -0.899. The summed E-state index contributed by atoms with van der Waals surface area (Å²) in [6.07, 6.45) is 0.805. The third kappa shape index (κ3) is 3.20. The SMILES string of the molecule is NCCC[C@@H](C(N)=O)N1Cc2c(Cl)cccc2NC(=O)C1=O. The molecule has 1 aromatic rings. The Balaban J connectivity index is 2.41. The van der Waals surface area contributed by atoms with E-state index in [-0.39, 0.29) is 6.54 Å². The zero-order valence-electron chi connectivity index (χ0n) is 11.8. The number of nitrogens with two attached hydrogens (primary N) is 2. The highest BCUT2D eigenvalue weighted by Gasteiger charge is 2.35. The van der Waals surface area contributed by atoms with Crippen molar-refractivity contribution in [1.82, 2.24) is 4.90 Å². The molecule has 0 aliphatic carbocycles. The monoisotopic (exact) mass is 324 g/mol. The summed E-state index contributed by atoms with van der Waals surface area (Å²) in [5, 5.41) is 2.90. The molecule has 22 heavy (non-hydrogen) atoms. The summed E-state index contributed by atoms with van der Waals surface area (Å²) >= 11 is 6.14. The molecular weight excluding hydrogens is 308 g/mol. The Bertz CT molecular complexity index is 620. The van der Waals surface area contributed by atoms with E-state index < -0.39 is 23.8 Å². The zero-order valence-corrected chi connectivity index (χ0v) is 12.6. The highest BCUT2D eigenvalue weighted by Crippen LogP contribution is 2.29. The molecule has 0 saturated heterocycles. The van der Waals surface area contributed by atoms with Crippen molar-refractivity contribution in [1.29, 1.82) is 0 Å². The number of carbonyl (C=O) groups excluding carboxylic acids is 3. The second-order valence-corrected chi connectivity index (χ2v) is 5.41. The Hall–Kier alpha value is -2.12. The molecule has 1 atom stereocenters. The predicted octanol–water partition coefficient (Wildman–Crippen LogP) is 0.213. The van der Waals surface area contributed by atoms with Crippen LogP contribution in [0, 0.1) is 0 Å². The standard InChI is InChI=1S/C14H17ClN4O3/c15-9-3-1-4-10-8(9)7-19(14(22)13(21)18-10)11(12(17)20)5-2-6-16/h1,3-4,11H,2,5-7,16H2,(H2,17,20)(H,18,21)/t11-/m0/s1. The molecule has 2 rings (SSSR count). The molecule has 1 aromatic carbocycles. The van der Waals surface area contributed by atoms with Crippen molar-refractivity contribution in [2.24, 2.45) is 11.5 Å². The Morgan fingerprint density at radius 2 is 2.14 bits per heavy atom. The van der Waals surface area contributed by atoms with Crippen LogP contribution >= 0.6 is 11.6 Å². The highest BCUT2D eigenvalue weighted by molar-refractivity contribution is 6.41. The fourth-order valence-corrected chi connectivity index (χ4v) is 2.63. The lowest BCUT2D eigenvalue weighted by Crippen LogP contribution is -2.50. The zero-order chi connectivity index (χ0) is 16.3. The van der Waals surface area contributed by atoms with Crippen LogP contribution in [-0.4, -0.2) is 35.2 Å². The summed E-state index contributed by atoms with van der Waals surface area (Å²) < 4.78 is 0. The minimum absolute atomic E-state index is 0.0325. The molecule has 1 aliphatic rings. The maximum Gasteiger partial charge on any atom is 0.313 e. The first-order valence-electron chi connectivity index (χ1n) is 6.84. The number of hydrogen-bond acceptors (Lipinski definition) is 4. The number of benzene rings is 1. The second kappa shape index (κ2) is 6.76. The van der Waals surface area contributed by atoms with Crippen LogP contribution in [0.4, 0.5) is 5.69 Å². The van der Waals surface area contributed by atoms with Gasteiger partial charge in [0.2, 0.25) is 5.91 Å². The Labute approximate surface area is 132 Å². The molecule has 1 aliphatic heterocycles. The van der Waals surface area contributed by atoms with Crippen LogP contribution in [0.5, 0.6) is 0 Å². The third-order valence-corrected chi connectivity index (χ3v) is 3.89. The van der Waals surface area contributed by atoms with E-state index in [9.17, 15) is 14.4 Å². The maximum absolute atomic E-state index is 12.3. The van der Waals surface area contributed by atoms with Crippen LogP contribution in [0.15, 0.2) is 18.2 Å². The van der Waals surface area contributed by atoms with E-state index in [1.807, 2.05) is 0 Å². The molecule has 8 heteroatoms. The molecule has 0 unspecified atom stereocenters. The molecule has 118 valence electrons. The fourth-order valence-electron chi connectivity index (χ4n) is 2.40. The van der Waals surface area contributed by atoms with Gasteiger partial charge in [0.05, 0.1) is 6.54 Å². The molecule has 0 saturated carbocycles. The van der Waals surface area contributed by atoms with Gasteiger partial charge < -0.3 is 21.7 Å². The van der Waals surface area contributed by atoms with Crippen molar-refractivity contribution in [3.63, 3.8) is 0 Å². The molecular formula is C14H17ClN4O3. The smallest absolute Gasteiger partial charge is 0.313 e. The number of primary amides is 1. The molecule has 0 bridgehead atoms. The summed E-state index contributed by atoms with van der Waals surface area (Å²) in [5.41, 5.74) is 11.9. The van der Waals surface area contributed by atoms with E-state index in [1.165, 1.54) is 0 Å². The first kappa shape index (κ1) is 16.3. The van der Waals surface area contributed by atoms with Gasteiger partial charge in [-0.15, -0.1) is 0 Å². The van der Waals surface area contributed by atoms with Crippen LogP contribution in [0.2, 0.25) is 5.02 Å². The molecule has 1 heterocycles. The quantitative estimate of drug-likeness (QED) is 0.671. The summed E-state index contributed by atoms with van der Waals surface area (Å²) in [6, 6.07) is 4.07. The van der Waals surface area contributed by atoms with Crippen LogP contribution in [0.3, 0.4) is 0 Å². The van der Waals surface area contributed by atoms with E-state index in [0.717, 1.165) is 4.90 Å². The van der Waals surface area contributed by atoms with Crippen molar-refractivity contribution >= 4 is 35.0 Å². The van der Waals surface area contributed by atoms with Gasteiger partial charge in [-0.05, 0) is 31.5 Å². The Kier molecular flexibility index (Phi) is 4.99. The first-order valence-corrected chi connectivity index (χ1v) is 7.22. The van der Waals surface area contributed by atoms with Gasteiger partial charge in [0.25, 0.3) is 0 Å². The third-order valence-electron chi connectivity index (χ3n) is 3.54. The van der Waals surface area contributed by atoms with Gasteiger partial charge in [-0.3, -0.25) is 14.4 Å². The van der Waals surface area contributed by atoms with Crippen molar-refractivity contribution in [3.05, 3.63) is 28.8 Å². The van der Waals surface area contributed by atoms with Gasteiger partial charge in [-0.25, -0.2) is 0 Å². The fraction of sp³-hybridized carbons (Fsp3) is 0.357. The van der Waals surface area contributed by atoms with Gasteiger partial charge in [0.15, 0.2) is 0 Å². The van der Waals surface area contributed by atoms with E-state index in [1.54, 1.807) is 18.2 Å². The molecule has 0 radical (unpaired) electrons. The lowest BCUT2D eigenvalue weighted by Gasteiger charge is -2.27. The average Bonchev–Trinajstić information content (AvgIpc) is 2.59. The number of halogens is 1. The van der Waals surface area contributed by atoms with E-state index >= 15 is 0 Å². The first-order chi connectivity index (χ1) is 10.5. The number of amides is 3. The number of carbonyl (C=O) groups is 3. The van der Waals surface area contributed by atoms with E-state index in [2.05, 4.69) is 5.32 Å². The largest absolute Gasteiger partial charge is 0.368 e. The second-order valence-electron chi connectivity index (χ2n) is 5.00. The van der Waals surface area contributed by atoms with E-state index in [4.69, 9.17) is 23.1 Å². The average molecular weight is 325 g/mol. The Morgan fingerprint density at radius 3 is 2.77 bits per heavy atom. The topological polar surface area (TPSA) is 119 Å². The summed E-state index contributed by atoms with van der Waals surface area (Å²) in [6.45, 7) is 0.389. The number of rotatable bonds is 5. The minimum Gasteiger partial charge on any atom is -0.368 e. The van der Waals surface area contributed by atoms with Crippen molar-refractivity contribution in [2.75, 3.05) is 11.9 Å². The maximum atomic E-state index is 12.3. The molecule has 0 spiro atoms. The van der Waals surface area contributed by atoms with Crippen LogP contribution in [0.25, 0.3) is 0 Å². The van der Waals surface area contributed by atoms with E-state index in [0.29, 0.717) is 35.7 Å². The number of anilines is 1. The van der Waals surface area contributed by atoms with Crippen molar-refractivity contribution in [2.45, 2.75) is 25.4 Å². The lowest BCUT2D eigenvalue weighted by molar-refractivity contribution is -0.147. The predicted molar refractivity (Wildman–Crippen MR) is 81.9 cm³/mol. The number of hydrogen-bond donors (Lipinski definition) is 3. The van der Waals surface area contributed by atoms with Gasteiger partial charge in [-0.2, -0.15) is 0 Å². The summed E-state index contributed by atoms with van der Waals surface area (Å²) in [5.74, 6) is -2.31. The highest BCUT2D eigenvalue weighted by atomic mass is 35.5. The van der Waals surface area contributed by atoms with Crippen LogP contribution < -0.4 is 16.8 Å². The Morgan fingerprint density at radius 1 is 1.41 bits per heavy atom. The van der Waals surface area contributed by atoms with Gasteiger partial charge >= 0.3 is 11.8 Å². The molecule has 3 amide bonds. The molecule has 0 fully saturated rings. The summed E-state index contributed by atoms with van der Waals surface area (Å²) in [7, 11) is 0. The normalized spacial score (nSPS) is 15.8. The summed E-state index contributed by atoms with van der Waals surface area (Å²) in [4.78, 5) is 37.1. The number of fused-ring (bicyclic) bond motifs is 1. The number of nitrogens with one attached hydrogen (secondary N) is 1. The number of nitrogens with zero attached hydrogens (tertiary/aromatic N) is 1. The van der Waals surface area contributed by atoms with Crippen molar-refractivity contribution < 1.29 is 14.4 Å². The molecule has 7 nitrogen and oxygen atoms in total. The van der Waals surface area contributed by atoms with Crippen LogP contribution in [0.1, 0.15) is 18.4 Å². The van der Waals surface area contributed by atoms with Gasteiger partial charge in [0.1, 0.15) is 6.04 Å². The van der Waals surface area contributed by atoms with Crippen LogP contribution in [-0.2, 0) is 20.9 Å². The lowest BCUT2D eigenvalue weighted by atomic mass is 10.1. The van der Waals surface area contributed by atoms with Gasteiger partial charge in [0, 0.05) is 16.3 Å². The van der Waals surface area contributed by atoms with Gasteiger partial charge in [-0.1, -0.05) is 17.7 Å². The molecule has 5 N–H and O–H groups in total.